The van der Waals surface area contributed by atoms with Crippen LogP contribution in [-0.2, 0) is 10.2 Å². The van der Waals surface area contributed by atoms with Gasteiger partial charge in [0.25, 0.3) is 5.91 Å². The highest BCUT2D eigenvalue weighted by molar-refractivity contribution is 5.94. The fourth-order valence-electron chi connectivity index (χ4n) is 6.11. The molecule has 2 aliphatic carbocycles. The van der Waals surface area contributed by atoms with E-state index in [1.807, 2.05) is 12.1 Å². The molecule has 0 saturated heterocycles. The van der Waals surface area contributed by atoms with E-state index in [1.165, 1.54) is 42.5 Å². The Morgan fingerprint density at radius 2 is 1.47 bits per heavy atom. The quantitative estimate of drug-likeness (QED) is 0.471. The summed E-state index contributed by atoms with van der Waals surface area (Å²) in [5.41, 5.74) is 5.06. The molecule has 3 atom stereocenters. The van der Waals surface area contributed by atoms with Gasteiger partial charge in [-0.05, 0) is 77.6 Å². The summed E-state index contributed by atoms with van der Waals surface area (Å²) >= 11 is 0. The van der Waals surface area contributed by atoms with Crippen molar-refractivity contribution in [1.82, 2.24) is 5.32 Å². The monoisotopic (exact) mass is 457 g/mol. The molecule has 5 rings (SSSR count). The number of hydrogen-bond acceptors (Lipinski definition) is 2. The average Bonchev–Trinajstić information content (AvgIpc) is 3.47. The number of carboxylic acids is 1. The lowest BCUT2D eigenvalue weighted by atomic mass is 9.64. The molecule has 2 aliphatic rings. The second-order valence-electron chi connectivity index (χ2n) is 9.61. The van der Waals surface area contributed by atoms with Crippen LogP contribution in [0.1, 0.15) is 53.6 Å². The number of benzene rings is 3. The van der Waals surface area contributed by atoms with Gasteiger partial charge in [0.1, 0.15) is 5.82 Å². The van der Waals surface area contributed by atoms with Gasteiger partial charge in [-0.25, -0.2) is 4.39 Å². The van der Waals surface area contributed by atoms with Crippen molar-refractivity contribution in [2.24, 2.45) is 11.8 Å². The van der Waals surface area contributed by atoms with E-state index in [0.29, 0.717) is 11.5 Å². The summed E-state index contributed by atoms with van der Waals surface area (Å²) in [6, 6.07) is 23.1. The molecule has 34 heavy (non-hydrogen) atoms. The van der Waals surface area contributed by atoms with Crippen molar-refractivity contribution in [3.8, 4) is 11.1 Å². The molecule has 3 aromatic carbocycles. The number of hydrogen-bond donors (Lipinski definition) is 2. The second-order valence-corrected chi connectivity index (χ2v) is 9.61. The van der Waals surface area contributed by atoms with Gasteiger partial charge in [-0.2, -0.15) is 0 Å². The molecule has 3 aromatic rings. The van der Waals surface area contributed by atoms with Gasteiger partial charge in [0.05, 0.1) is 6.42 Å². The number of fused-ring (bicyclic) bond motifs is 2. The number of amides is 1. The summed E-state index contributed by atoms with van der Waals surface area (Å²) in [4.78, 5) is 23.1. The molecule has 4 nitrogen and oxygen atoms in total. The highest BCUT2D eigenvalue weighted by atomic mass is 19.1. The van der Waals surface area contributed by atoms with Crippen LogP contribution in [0.3, 0.4) is 0 Å². The van der Waals surface area contributed by atoms with E-state index < -0.39 is 5.97 Å². The topological polar surface area (TPSA) is 66.4 Å². The number of carbonyl (C=O) groups is 2. The zero-order chi connectivity index (χ0) is 23.7. The Morgan fingerprint density at radius 3 is 2.00 bits per heavy atom. The largest absolute Gasteiger partial charge is 0.481 e. The van der Waals surface area contributed by atoms with Crippen molar-refractivity contribution in [3.63, 3.8) is 0 Å². The van der Waals surface area contributed by atoms with Crippen LogP contribution in [-0.4, -0.2) is 23.5 Å². The Labute approximate surface area is 198 Å². The summed E-state index contributed by atoms with van der Waals surface area (Å²) in [6.07, 6.45) is 4.74. The van der Waals surface area contributed by atoms with Crippen LogP contribution in [0.2, 0.25) is 0 Å². The molecule has 0 heterocycles. The van der Waals surface area contributed by atoms with Crippen molar-refractivity contribution in [2.45, 2.75) is 37.5 Å². The minimum Gasteiger partial charge on any atom is -0.481 e. The van der Waals surface area contributed by atoms with Crippen molar-refractivity contribution in [1.29, 1.82) is 0 Å². The first-order valence-electron chi connectivity index (χ1n) is 11.9. The fraction of sp³-hybridized carbons (Fsp3) is 0.310. The second kappa shape index (κ2) is 9.05. The normalized spacial score (nSPS) is 23.1. The standard InChI is InChI=1S/C29H28FNO3/c30-26-13-6-21(7-14-26)20-2-9-23(10-3-20)29(18-19-1-8-25(29)17-19)24-11-4-22(5-12-24)28(34)31-16-15-27(32)33/h2-7,9-14,19,25H,1,8,15-18H2,(H,31,34)(H,32,33). The Hall–Kier alpha value is -3.47. The molecule has 2 saturated carbocycles. The van der Waals surface area contributed by atoms with E-state index in [2.05, 4.69) is 41.7 Å². The molecule has 174 valence electrons. The fourth-order valence-corrected chi connectivity index (χ4v) is 6.11. The van der Waals surface area contributed by atoms with Crippen LogP contribution < -0.4 is 5.32 Å². The minimum atomic E-state index is -0.931. The van der Waals surface area contributed by atoms with Crippen molar-refractivity contribution in [2.75, 3.05) is 6.54 Å². The lowest BCUT2D eigenvalue weighted by molar-refractivity contribution is -0.136. The van der Waals surface area contributed by atoms with Crippen LogP contribution in [0.4, 0.5) is 4.39 Å². The first-order chi connectivity index (χ1) is 16.5. The van der Waals surface area contributed by atoms with E-state index in [1.54, 1.807) is 12.1 Å². The highest BCUT2D eigenvalue weighted by Gasteiger charge is 2.52. The number of halogens is 1. The van der Waals surface area contributed by atoms with Crippen molar-refractivity contribution in [3.05, 3.63) is 95.3 Å². The van der Waals surface area contributed by atoms with Crippen LogP contribution in [0.25, 0.3) is 11.1 Å². The summed E-state index contributed by atoms with van der Waals surface area (Å²) in [6.45, 7) is 0.115. The van der Waals surface area contributed by atoms with Gasteiger partial charge in [-0.3, -0.25) is 9.59 Å². The first-order valence-corrected chi connectivity index (χ1v) is 11.9. The maximum atomic E-state index is 13.3. The number of carbonyl (C=O) groups excluding carboxylic acids is 1. The molecule has 2 N–H and O–H groups in total. The molecule has 0 spiro atoms. The lowest BCUT2D eigenvalue weighted by Gasteiger charge is -2.39. The maximum Gasteiger partial charge on any atom is 0.305 e. The summed E-state index contributed by atoms with van der Waals surface area (Å²) in [5.74, 6) is -0.122. The third kappa shape index (κ3) is 4.11. The lowest BCUT2D eigenvalue weighted by Crippen LogP contribution is -2.34. The Balaban J connectivity index is 1.43. The molecule has 3 unspecified atom stereocenters. The molecule has 2 bridgehead atoms. The molecule has 0 aromatic heterocycles. The van der Waals surface area contributed by atoms with Crippen LogP contribution in [0.15, 0.2) is 72.8 Å². The predicted molar refractivity (Wildman–Crippen MR) is 129 cm³/mol. The molecular formula is C29H28FNO3. The molecule has 0 aliphatic heterocycles. The Kier molecular flexibility index (Phi) is 5.94. The van der Waals surface area contributed by atoms with E-state index >= 15 is 0 Å². The Bertz CT molecular complexity index is 1190. The number of nitrogens with one attached hydrogen (secondary N) is 1. The number of rotatable bonds is 7. The van der Waals surface area contributed by atoms with E-state index in [0.717, 1.165) is 23.5 Å². The zero-order valence-corrected chi connectivity index (χ0v) is 19.0. The van der Waals surface area contributed by atoms with Crippen LogP contribution >= 0.6 is 0 Å². The summed E-state index contributed by atoms with van der Waals surface area (Å²) in [7, 11) is 0. The highest BCUT2D eigenvalue weighted by Crippen LogP contribution is 2.60. The zero-order valence-electron chi connectivity index (χ0n) is 19.0. The van der Waals surface area contributed by atoms with Gasteiger partial charge in [-0.1, -0.05) is 55.0 Å². The molecule has 2 fully saturated rings. The summed E-state index contributed by atoms with van der Waals surface area (Å²) < 4.78 is 13.3. The van der Waals surface area contributed by atoms with Gasteiger partial charge in [-0.15, -0.1) is 0 Å². The number of aliphatic carboxylic acids is 1. The SMILES string of the molecule is O=C(O)CCNC(=O)c1ccc(C2(c3ccc(-c4ccc(F)cc4)cc3)CC3CCC2C3)cc1. The Morgan fingerprint density at radius 1 is 0.882 bits per heavy atom. The third-order valence-corrected chi connectivity index (χ3v) is 7.71. The van der Waals surface area contributed by atoms with Gasteiger partial charge in [0.2, 0.25) is 0 Å². The summed E-state index contributed by atoms with van der Waals surface area (Å²) in [5, 5.41) is 11.4. The van der Waals surface area contributed by atoms with Crippen molar-refractivity contribution < 1.29 is 19.1 Å². The van der Waals surface area contributed by atoms with Gasteiger partial charge < -0.3 is 10.4 Å². The van der Waals surface area contributed by atoms with E-state index in [-0.39, 0.29) is 30.1 Å². The predicted octanol–water partition coefficient (Wildman–Crippen LogP) is 5.80. The average molecular weight is 458 g/mol. The number of carboxylic acid groups (broad SMARTS) is 1. The third-order valence-electron chi connectivity index (χ3n) is 7.71. The minimum absolute atomic E-state index is 0.0669. The molecule has 5 heteroatoms. The van der Waals surface area contributed by atoms with Crippen LogP contribution in [0.5, 0.6) is 0 Å². The molecule has 1 amide bonds. The van der Waals surface area contributed by atoms with Gasteiger partial charge in [0.15, 0.2) is 0 Å². The van der Waals surface area contributed by atoms with E-state index in [4.69, 9.17) is 5.11 Å². The van der Waals surface area contributed by atoms with Crippen molar-refractivity contribution >= 4 is 11.9 Å². The molecular weight excluding hydrogens is 429 g/mol. The first kappa shape index (κ1) is 22.3. The molecule has 0 radical (unpaired) electrons. The van der Waals surface area contributed by atoms with Gasteiger partial charge in [0, 0.05) is 17.5 Å². The maximum absolute atomic E-state index is 13.3. The van der Waals surface area contributed by atoms with Crippen LogP contribution in [0, 0.1) is 17.7 Å². The van der Waals surface area contributed by atoms with Gasteiger partial charge >= 0.3 is 5.97 Å². The van der Waals surface area contributed by atoms with E-state index in [9.17, 15) is 14.0 Å². The smallest absolute Gasteiger partial charge is 0.305 e.